The van der Waals surface area contributed by atoms with Gasteiger partial charge in [0.05, 0.1) is 16.6 Å². The first kappa shape index (κ1) is 21.5. The van der Waals surface area contributed by atoms with Crippen molar-refractivity contribution in [2.45, 2.75) is 25.7 Å². The second-order valence-corrected chi connectivity index (χ2v) is 10.4. The van der Waals surface area contributed by atoms with E-state index in [0.717, 1.165) is 6.42 Å². The third-order valence-electron chi connectivity index (χ3n) is 8.34. The van der Waals surface area contributed by atoms with E-state index in [-0.39, 0.29) is 0 Å². The van der Waals surface area contributed by atoms with Gasteiger partial charge >= 0.3 is 0 Å². The van der Waals surface area contributed by atoms with Crippen molar-refractivity contribution in [2.75, 3.05) is 0 Å². The van der Waals surface area contributed by atoms with Gasteiger partial charge in [-0.1, -0.05) is 78.9 Å². The number of benzene rings is 5. The van der Waals surface area contributed by atoms with Crippen LogP contribution in [0.5, 0.6) is 0 Å². The molecule has 7 aromatic rings. The van der Waals surface area contributed by atoms with Crippen LogP contribution < -0.4 is 0 Å². The van der Waals surface area contributed by atoms with Crippen LogP contribution in [0.25, 0.3) is 55.2 Å². The number of hydrogen-bond donors (Lipinski definition) is 0. The summed E-state index contributed by atoms with van der Waals surface area (Å²) in [4.78, 5) is 0. The fourth-order valence-electron chi connectivity index (χ4n) is 6.60. The Morgan fingerprint density at radius 3 is 1.42 bits per heavy atom. The highest BCUT2D eigenvalue weighted by atomic mass is 15.0. The minimum atomic E-state index is 1.16. The van der Waals surface area contributed by atoms with Crippen molar-refractivity contribution in [2.24, 2.45) is 0 Å². The fraction of sp³-hybridized carbons (Fsp3) is 0.111. The molecule has 2 nitrogen and oxygen atoms in total. The lowest BCUT2D eigenvalue weighted by Gasteiger charge is -2.16. The van der Waals surface area contributed by atoms with Crippen molar-refractivity contribution < 1.29 is 0 Å². The molecule has 0 spiro atoms. The summed E-state index contributed by atoms with van der Waals surface area (Å²) in [6.45, 7) is 0. The van der Waals surface area contributed by atoms with Gasteiger partial charge in [-0.25, -0.2) is 0 Å². The molecule has 0 aliphatic heterocycles. The Balaban J connectivity index is 1.18. The lowest BCUT2D eigenvalue weighted by atomic mass is 9.95. The van der Waals surface area contributed by atoms with E-state index >= 15 is 0 Å². The molecule has 0 fully saturated rings. The van der Waals surface area contributed by atoms with Crippen molar-refractivity contribution in [3.8, 4) is 22.5 Å². The molecule has 0 bridgehead atoms. The lowest BCUT2D eigenvalue weighted by molar-refractivity contribution is 0.667. The third-order valence-corrected chi connectivity index (χ3v) is 8.34. The molecule has 0 amide bonds. The largest absolute Gasteiger partial charge is 0.313 e. The Hall–Kier alpha value is -4.56. The molecule has 38 heavy (non-hydrogen) atoms. The predicted molar refractivity (Wildman–Crippen MR) is 160 cm³/mol. The monoisotopic (exact) mass is 488 g/mol. The number of aromatic nitrogens is 2. The Bertz CT molecular complexity index is 1900. The smallest absolute Gasteiger partial charge is 0.0541 e. The van der Waals surface area contributed by atoms with E-state index < -0.39 is 0 Å². The van der Waals surface area contributed by atoms with Crippen LogP contribution in [0.1, 0.15) is 24.1 Å². The summed E-state index contributed by atoms with van der Waals surface area (Å²) < 4.78 is 4.87. The van der Waals surface area contributed by atoms with Gasteiger partial charge in [0.2, 0.25) is 0 Å². The van der Waals surface area contributed by atoms with Crippen molar-refractivity contribution in [1.82, 2.24) is 9.13 Å². The molecule has 0 radical (unpaired) electrons. The van der Waals surface area contributed by atoms with Crippen LogP contribution in [-0.4, -0.2) is 9.13 Å². The molecular formula is C36H28N2. The summed E-state index contributed by atoms with van der Waals surface area (Å²) >= 11 is 0. The lowest BCUT2D eigenvalue weighted by Crippen LogP contribution is -2.06. The zero-order valence-corrected chi connectivity index (χ0v) is 21.3. The second kappa shape index (κ2) is 8.49. The molecular weight excluding hydrogens is 460 g/mol. The zero-order valence-electron chi connectivity index (χ0n) is 21.3. The van der Waals surface area contributed by atoms with Crippen molar-refractivity contribution >= 4 is 32.7 Å². The summed E-state index contributed by atoms with van der Waals surface area (Å²) in [5.41, 5.74) is 11.8. The van der Waals surface area contributed by atoms with Crippen LogP contribution in [0.4, 0.5) is 0 Å². The van der Waals surface area contributed by atoms with E-state index in [9.17, 15) is 0 Å². The highest BCUT2D eigenvalue weighted by molar-refractivity contribution is 6.09. The quantitative estimate of drug-likeness (QED) is 0.234. The van der Waals surface area contributed by atoms with Gasteiger partial charge in [-0.3, -0.25) is 0 Å². The van der Waals surface area contributed by atoms with Gasteiger partial charge in [0.1, 0.15) is 0 Å². The van der Waals surface area contributed by atoms with E-state index in [4.69, 9.17) is 0 Å². The summed E-state index contributed by atoms with van der Waals surface area (Å²) in [6.07, 6.45) is 4.93. The molecule has 1 aliphatic rings. The average molecular weight is 489 g/mol. The van der Waals surface area contributed by atoms with Crippen LogP contribution in [0.2, 0.25) is 0 Å². The minimum Gasteiger partial charge on any atom is -0.313 e. The van der Waals surface area contributed by atoms with E-state index in [1.54, 1.807) is 5.56 Å². The summed E-state index contributed by atoms with van der Waals surface area (Å²) in [5.74, 6) is 0. The van der Waals surface area contributed by atoms with Gasteiger partial charge in [-0.15, -0.1) is 0 Å². The van der Waals surface area contributed by atoms with Crippen molar-refractivity contribution in [3.05, 3.63) is 133 Å². The van der Waals surface area contributed by atoms with Gasteiger partial charge in [0.25, 0.3) is 0 Å². The average Bonchev–Trinajstić information content (AvgIpc) is 3.51. The highest BCUT2D eigenvalue weighted by Crippen LogP contribution is 2.36. The Labute approximate surface area is 222 Å². The molecule has 2 heterocycles. The van der Waals surface area contributed by atoms with Gasteiger partial charge in [0.15, 0.2) is 0 Å². The molecule has 0 atom stereocenters. The molecule has 0 saturated carbocycles. The van der Waals surface area contributed by atoms with E-state index in [1.807, 2.05) is 0 Å². The van der Waals surface area contributed by atoms with Crippen LogP contribution >= 0.6 is 0 Å². The molecule has 0 N–H and O–H groups in total. The zero-order chi connectivity index (χ0) is 25.1. The number of hydrogen-bond acceptors (Lipinski definition) is 0. The number of para-hydroxylation sites is 3. The molecule has 2 heteroatoms. The third kappa shape index (κ3) is 3.20. The van der Waals surface area contributed by atoms with E-state index in [1.165, 1.54) is 80.2 Å². The van der Waals surface area contributed by atoms with Crippen LogP contribution in [0.3, 0.4) is 0 Å². The number of rotatable bonds is 3. The maximum absolute atomic E-state index is 2.50. The number of nitrogens with zero attached hydrogens (tertiary/aromatic N) is 2. The normalized spacial score (nSPS) is 13.4. The first-order valence-electron chi connectivity index (χ1n) is 13.7. The van der Waals surface area contributed by atoms with Crippen molar-refractivity contribution in [3.63, 3.8) is 0 Å². The Morgan fingerprint density at radius 2 is 0.842 bits per heavy atom. The topological polar surface area (TPSA) is 9.86 Å². The predicted octanol–water partition coefficient (Wildman–Crippen LogP) is 9.27. The summed E-state index contributed by atoms with van der Waals surface area (Å²) in [5, 5.41) is 4.01. The van der Waals surface area contributed by atoms with Gasteiger partial charge in [0, 0.05) is 33.2 Å². The maximum Gasteiger partial charge on any atom is 0.0541 e. The SMILES string of the molecule is c1ccc2c(c1)c1c(n2-c2ccc(-c3ccc(-n4c5ccccc5c5ccccc54)cc3)cc2)CCCC1. The molecule has 5 aromatic carbocycles. The molecule has 0 unspecified atom stereocenters. The molecule has 182 valence electrons. The van der Waals surface area contributed by atoms with Gasteiger partial charge < -0.3 is 9.13 Å². The van der Waals surface area contributed by atoms with E-state index in [0.29, 0.717) is 0 Å². The second-order valence-electron chi connectivity index (χ2n) is 10.4. The highest BCUT2D eigenvalue weighted by Gasteiger charge is 2.20. The Kier molecular flexibility index (Phi) is 4.81. The fourth-order valence-corrected chi connectivity index (χ4v) is 6.60. The molecule has 8 rings (SSSR count). The van der Waals surface area contributed by atoms with Crippen LogP contribution in [0, 0.1) is 0 Å². The van der Waals surface area contributed by atoms with Gasteiger partial charge in [-0.05, 0) is 84.8 Å². The Morgan fingerprint density at radius 1 is 0.395 bits per heavy atom. The van der Waals surface area contributed by atoms with Crippen molar-refractivity contribution in [1.29, 1.82) is 0 Å². The maximum atomic E-state index is 2.50. The number of fused-ring (bicyclic) bond motifs is 6. The summed E-state index contributed by atoms with van der Waals surface area (Å²) in [6, 6.07) is 44.4. The first-order chi connectivity index (χ1) is 18.9. The standard InChI is InChI=1S/C36H28N2/c1-5-13-33-29(9-1)30-10-2-6-14-34(30)37(33)27-21-17-25(18-22-27)26-19-23-28(24-20-26)38-35-15-7-3-11-31(35)32-12-4-8-16-36(32)38/h1-3,5-7,9-11,13-15,17-24H,4,8,12,16H2. The molecule has 1 aliphatic carbocycles. The van der Waals surface area contributed by atoms with Crippen LogP contribution in [-0.2, 0) is 12.8 Å². The first-order valence-corrected chi connectivity index (χ1v) is 13.7. The van der Waals surface area contributed by atoms with Crippen LogP contribution in [0.15, 0.2) is 121 Å². The molecule has 0 saturated heterocycles. The van der Waals surface area contributed by atoms with Gasteiger partial charge in [-0.2, -0.15) is 0 Å². The number of aryl methyl sites for hydroxylation is 1. The molecule has 2 aromatic heterocycles. The van der Waals surface area contributed by atoms with E-state index in [2.05, 4.69) is 130 Å². The summed E-state index contributed by atoms with van der Waals surface area (Å²) in [7, 11) is 0. The minimum absolute atomic E-state index is 1.16.